The van der Waals surface area contributed by atoms with E-state index in [0.717, 1.165) is 0 Å². The van der Waals surface area contributed by atoms with Crippen molar-refractivity contribution in [1.29, 1.82) is 0 Å². The first kappa shape index (κ1) is 13.8. The number of rotatable bonds is 2. The zero-order valence-electron chi connectivity index (χ0n) is 9.45. The number of nitrogens with two attached hydrogens (primary N) is 1. The Labute approximate surface area is 121 Å². The average Bonchev–Trinajstić information content (AvgIpc) is 2.35. The summed E-state index contributed by atoms with van der Waals surface area (Å²) in [4.78, 5) is 15.8. The normalized spacial score (nSPS) is 10.3. The number of aromatic nitrogens is 1. The fourth-order valence-corrected chi connectivity index (χ4v) is 2.05. The molecule has 1 aromatic carbocycles. The predicted octanol–water partition coefficient (Wildman–Crippen LogP) is 3.47. The number of nitrogens with zero attached hydrogens (tertiary/aromatic N) is 1. The van der Waals surface area contributed by atoms with Crippen LogP contribution in [0.5, 0.6) is 0 Å². The number of hydrogen-bond acceptors (Lipinski definition) is 3. The summed E-state index contributed by atoms with van der Waals surface area (Å²) in [6, 6.07) is 5.30. The molecule has 1 aromatic heterocycles. The molecule has 3 N–H and O–H groups in total. The van der Waals surface area contributed by atoms with Crippen molar-refractivity contribution in [2.75, 3.05) is 11.1 Å². The van der Waals surface area contributed by atoms with Crippen LogP contribution in [-0.4, -0.2) is 10.9 Å². The topological polar surface area (TPSA) is 68.0 Å². The summed E-state index contributed by atoms with van der Waals surface area (Å²) < 4.78 is 13.4. The van der Waals surface area contributed by atoms with Gasteiger partial charge in [0.2, 0.25) is 0 Å². The summed E-state index contributed by atoms with van der Waals surface area (Å²) >= 11 is 9.03. The van der Waals surface area contributed by atoms with Gasteiger partial charge in [-0.25, -0.2) is 9.37 Å². The summed E-state index contributed by atoms with van der Waals surface area (Å²) in [5.41, 5.74) is 6.13. The van der Waals surface area contributed by atoms with E-state index in [1.54, 1.807) is 0 Å². The number of nitrogens with one attached hydrogen (secondary N) is 1. The molecule has 0 aliphatic heterocycles. The first-order valence-corrected chi connectivity index (χ1v) is 6.32. The van der Waals surface area contributed by atoms with Crippen LogP contribution in [0, 0.1) is 5.82 Å². The first-order valence-electron chi connectivity index (χ1n) is 5.15. The molecule has 0 radical (unpaired) electrons. The van der Waals surface area contributed by atoms with Crippen LogP contribution in [0.25, 0.3) is 0 Å². The molecule has 0 fully saturated rings. The fraction of sp³-hybridized carbons (Fsp3) is 0. The van der Waals surface area contributed by atoms with Gasteiger partial charge in [-0.1, -0.05) is 11.6 Å². The van der Waals surface area contributed by atoms with Crippen molar-refractivity contribution in [3.63, 3.8) is 0 Å². The Bertz CT molecular complexity index is 651. The Balaban J connectivity index is 2.28. The van der Waals surface area contributed by atoms with Crippen LogP contribution in [0.4, 0.5) is 15.9 Å². The minimum atomic E-state index is -0.452. The predicted molar refractivity (Wildman–Crippen MR) is 75.7 cm³/mol. The summed E-state index contributed by atoms with van der Waals surface area (Å²) in [5, 5.41) is 2.79. The summed E-state index contributed by atoms with van der Waals surface area (Å²) in [5.74, 6) is -0.671. The molecule has 1 amide bonds. The number of amides is 1. The van der Waals surface area contributed by atoms with Gasteiger partial charge in [-0.2, -0.15) is 0 Å². The second-order valence-corrected chi connectivity index (χ2v) is 4.93. The molecule has 0 bridgehead atoms. The van der Waals surface area contributed by atoms with Gasteiger partial charge in [0.05, 0.1) is 16.3 Å². The van der Waals surface area contributed by atoms with E-state index in [2.05, 4.69) is 26.2 Å². The highest BCUT2D eigenvalue weighted by Gasteiger charge is 2.13. The molecule has 98 valence electrons. The van der Waals surface area contributed by atoms with E-state index in [9.17, 15) is 9.18 Å². The molecule has 0 unspecified atom stereocenters. The Morgan fingerprint density at radius 3 is 2.84 bits per heavy atom. The zero-order chi connectivity index (χ0) is 14.0. The molecule has 0 aliphatic carbocycles. The molecule has 0 atom stereocenters. The van der Waals surface area contributed by atoms with Crippen LogP contribution < -0.4 is 11.1 Å². The van der Waals surface area contributed by atoms with Gasteiger partial charge in [-0.3, -0.25) is 4.79 Å². The van der Waals surface area contributed by atoms with Gasteiger partial charge in [-0.05, 0) is 40.2 Å². The monoisotopic (exact) mass is 343 g/mol. The van der Waals surface area contributed by atoms with Crippen LogP contribution in [0.2, 0.25) is 5.02 Å². The van der Waals surface area contributed by atoms with Gasteiger partial charge in [0.15, 0.2) is 0 Å². The molecule has 0 spiro atoms. The molecular formula is C12H8BrClFN3O. The lowest BCUT2D eigenvalue weighted by molar-refractivity contribution is 0.102. The lowest BCUT2D eigenvalue weighted by Crippen LogP contribution is -2.13. The third kappa shape index (κ3) is 3.21. The number of nitrogen functional groups attached to an aromatic ring is 1. The molecule has 0 saturated heterocycles. The zero-order valence-corrected chi connectivity index (χ0v) is 11.8. The van der Waals surface area contributed by atoms with Gasteiger partial charge in [0.1, 0.15) is 11.6 Å². The van der Waals surface area contributed by atoms with E-state index in [4.69, 9.17) is 17.3 Å². The van der Waals surface area contributed by atoms with Crippen molar-refractivity contribution in [3.8, 4) is 0 Å². The second kappa shape index (κ2) is 5.54. The molecule has 19 heavy (non-hydrogen) atoms. The number of halogens is 3. The summed E-state index contributed by atoms with van der Waals surface area (Å²) in [6.45, 7) is 0. The summed E-state index contributed by atoms with van der Waals surface area (Å²) in [7, 11) is 0. The number of anilines is 2. The molecule has 1 heterocycles. The Kier molecular flexibility index (Phi) is 4.01. The standard InChI is InChI=1S/C12H8BrClFN3O/c13-8-3-6(15)1-2-10(8)18-12(19)7-4-11(16)17-5-9(7)14/h1-5H,(H2,16,17)(H,18,19). The Hall–Kier alpha value is -1.66. The maximum atomic E-state index is 12.9. The number of benzene rings is 1. The van der Waals surface area contributed by atoms with Gasteiger partial charge >= 0.3 is 0 Å². The highest BCUT2D eigenvalue weighted by Crippen LogP contribution is 2.25. The van der Waals surface area contributed by atoms with Crippen molar-refractivity contribution >= 4 is 44.9 Å². The van der Waals surface area contributed by atoms with Crippen molar-refractivity contribution in [1.82, 2.24) is 4.98 Å². The van der Waals surface area contributed by atoms with Crippen LogP contribution in [0.3, 0.4) is 0 Å². The number of carbonyl (C=O) groups is 1. The SMILES string of the molecule is Nc1cc(C(=O)Nc2ccc(F)cc2Br)c(Cl)cn1. The highest BCUT2D eigenvalue weighted by molar-refractivity contribution is 9.10. The van der Waals surface area contributed by atoms with Crippen LogP contribution in [-0.2, 0) is 0 Å². The lowest BCUT2D eigenvalue weighted by atomic mass is 10.2. The maximum absolute atomic E-state index is 12.9. The minimum absolute atomic E-state index is 0.185. The van der Waals surface area contributed by atoms with Gasteiger partial charge in [0.25, 0.3) is 5.91 Å². The maximum Gasteiger partial charge on any atom is 0.257 e. The first-order chi connectivity index (χ1) is 8.97. The quantitative estimate of drug-likeness (QED) is 0.876. The second-order valence-electron chi connectivity index (χ2n) is 3.67. The van der Waals surface area contributed by atoms with E-state index >= 15 is 0 Å². The molecule has 2 aromatic rings. The average molecular weight is 345 g/mol. The summed E-state index contributed by atoms with van der Waals surface area (Å²) in [6.07, 6.45) is 1.30. The van der Waals surface area contributed by atoms with E-state index < -0.39 is 11.7 Å². The van der Waals surface area contributed by atoms with Crippen molar-refractivity contribution in [2.24, 2.45) is 0 Å². The molecule has 4 nitrogen and oxygen atoms in total. The molecular weight excluding hydrogens is 337 g/mol. The third-order valence-corrected chi connectivity index (χ3v) is 3.26. The van der Waals surface area contributed by atoms with Gasteiger partial charge in [-0.15, -0.1) is 0 Å². The molecule has 0 saturated carbocycles. The number of hydrogen-bond donors (Lipinski definition) is 2. The van der Waals surface area contributed by atoms with Crippen LogP contribution in [0.1, 0.15) is 10.4 Å². The van der Waals surface area contributed by atoms with Gasteiger partial charge < -0.3 is 11.1 Å². The van der Waals surface area contributed by atoms with E-state index in [-0.39, 0.29) is 16.4 Å². The van der Waals surface area contributed by atoms with E-state index in [1.165, 1.54) is 30.5 Å². The van der Waals surface area contributed by atoms with E-state index in [0.29, 0.717) is 10.2 Å². The van der Waals surface area contributed by atoms with Crippen molar-refractivity contribution < 1.29 is 9.18 Å². The smallest absolute Gasteiger partial charge is 0.257 e. The van der Waals surface area contributed by atoms with Crippen LogP contribution in [0.15, 0.2) is 34.9 Å². The van der Waals surface area contributed by atoms with Crippen molar-refractivity contribution in [2.45, 2.75) is 0 Å². The molecule has 2 rings (SSSR count). The third-order valence-electron chi connectivity index (χ3n) is 2.30. The van der Waals surface area contributed by atoms with E-state index in [1.807, 2.05) is 0 Å². The fourth-order valence-electron chi connectivity index (χ4n) is 1.41. The minimum Gasteiger partial charge on any atom is -0.384 e. The molecule has 7 heteroatoms. The Morgan fingerprint density at radius 1 is 1.42 bits per heavy atom. The number of carbonyl (C=O) groups excluding carboxylic acids is 1. The highest BCUT2D eigenvalue weighted by atomic mass is 79.9. The lowest BCUT2D eigenvalue weighted by Gasteiger charge is -2.08. The van der Waals surface area contributed by atoms with Crippen molar-refractivity contribution in [3.05, 3.63) is 51.3 Å². The largest absolute Gasteiger partial charge is 0.384 e. The molecule has 0 aliphatic rings. The Morgan fingerprint density at radius 2 is 2.16 bits per heavy atom. The van der Waals surface area contributed by atoms with Gasteiger partial charge in [0, 0.05) is 10.7 Å². The number of pyridine rings is 1. The van der Waals surface area contributed by atoms with Crippen LogP contribution >= 0.6 is 27.5 Å².